The highest BCUT2D eigenvalue weighted by molar-refractivity contribution is 5.78. The van der Waals surface area contributed by atoms with Gasteiger partial charge in [-0.3, -0.25) is 4.79 Å². The Bertz CT molecular complexity index is 770. The molecule has 0 radical (unpaired) electrons. The molecule has 2 aromatic carbocycles. The van der Waals surface area contributed by atoms with Crippen LogP contribution in [-0.4, -0.2) is 25.7 Å². The lowest BCUT2D eigenvalue weighted by Crippen LogP contribution is -2.35. The van der Waals surface area contributed by atoms with Crippen LogP contribution in [0.4, 0.5) is 0 Å². The lowest BCUT2D eigenvalue weighted by molar-refractivity contribution is -0.124. The van der Waals surface area contributed by atoms with E-state index < -0.39 is 0 Å². The number of benzene rings is 2. The lowest BCUT2D eigenvalue weighted by Gasteiger charge is -2.25. The average Bonchev–Trinajstić information content (AvgIpc) is 2.70. The van der Waals surface area contributed by atoms with Gasteiger partial charge < -0.3 is 19.5 Å². The number of carbonyl (C=O) groups is 1. The minimum absolute atomic E-state index is 0.0146. The third kappa shape index (κ3) is 4.94. The van der Waals surface area contributed by atoms with E-state index >= 15 is 0 Å². The number of aryl methyl sites for hydroxylation is 1. The van der Waals surface area contributed by atoms with Crippen LogP contribution in [0.25, 0.3) is 0 Å². The lowest BCUT2D eigenvalue weighted by atomic mass is 9.95. The van der Waals surface area contributed by atoms with E-state index in [0.29, 0.717) is 19.0 Å². The van der Waals surface area contributed by atoms with Gasteiger partial charge in [0.2, 0.25) is 0 Å². The summed E-state index contributed by atoms with van der Waals surface area (Å²) >= 11 is 0. The van der Waals surface area contributed by atoms with Crippen molar-refractivity contribution >= 4 is 5.91 Å². The van der Waals surface area contributed by atoms with Crippen molar-refractivity contribution in [2.45, 2.75) is 33.2 Å². The molecule has 0 unspecified atom stereocenters. The van der Waals surface area contributed by atoms with E-state index in [9.17, 15) is 4.79 Å². The standard InChI is InChI=1S/C22H27NO4/c1-4-16-5-8-18(9-6-16)27-14-21(24)23-22(15(2)3)17-7-10-19-20(13-17)26-12-11-25-19/h5-10,13,15,22H,4,11-12,14H2,1-3H3,(H,23,24)/t22-/m0/s1. The molecule has 1 heterocycles. The predicted molar refractivity (Wildman–Crippen MR) is 104 cm³/mol. The van der Waals surface area contributed by atoms with Crippen LogP contribution < -0.4 is 19.5 Å². The topological polar surface area (TPSA) is 56.8 Å². The van der Waals surface area contributed by atoms with Crippen LogP contribution in [0.1, 0.15) is 37.9 Å². The molecule has 0 bridgehead atoms. The second-order valence-corrected chi connectivity index (χ2v) is 6.98. The highest BCUT2D eigenvalue weighted by atomic mass is 16.6. The molecule has 5 nitrogen and oxygen atoms in total. The van der Waals surface area contributed by atoms with Gasteiger partial charge in [0, 0.05) is 0 Å². The number of amides is 1. The number of nitrogens with one attached hydrogen (secondary N) is 1. The predicted octanol–water partition coefficient (Wildman–Crippen LogP) is 3.91. The van der Waals surface area contributed by atoms with Crippen molar-refractivity contribution in [3.05, 3.63) is 53.6 Å². The van der Waals surface area contributed by atoms with Gasteiger partial charge in [-0.15, -0.1) is 0 Å². The number of carbonyl (C=O) groups excluding carboxylic acids is 1. The first-order valence-corrected chi connectivity index (χ1v) is 9.47. The molecule has 1 aliphatic rings. The van der Waals surface area contributed by atoms with Gasteiger partial charge in [0.05, 0.1) is 6.04 Å². The molecule has 0 saturated carbocycles. The van der Waals surface area contributed by atoms with Crippen LogP contribution in [0.15, 0.2) is 42.5 Å². The maximum atomic E-state index is 12.4. The molecule has 1 amide bonds. The molecule has 0 aromatic heterocycles. The van der Waals surface area contributed by atoms with Crippen molar-refractivity contribution in [2.75, 3.05) is 19.8 Å². The van der Waals surface area contributed by atoms with Crippen LogP contribution in [-0.2, 0) is 11.2 Å². The highest BCUT2D eigenvalue weighted by Gasteiger charge is 2.21. The van der Waals surface area contributed by atoms with Gasteiger partial charge in [-0.1, -0.05) is 39.0 Å². The molecule has 27 heavy (non-hydrogen) atoms. The Labute approximate surface area is 160 Å². The third-order valence-electron chi connectivity index (χ3n) is 4.61. The van der Waals surface area contributed by atoms with Gasteiger partial charge in [-0.05, 0) is 47.7 Å². The summed E-state index contributed by atoms with van der Waals surface area (Å²) in [6.07, 6.45) is 0.979. The zero-order valence-electron chi connectivity index (χ0n) is 16.2. The molecular weight excluding hydrogens is 342 g/mol. The Morgan fingerprint density at radius 3 is 2.44 bits per heavy atom. The highest BCUT2D eigenvalue weighted by Crippen LogP contribution is 2.34. The molecular formula is C22H27NO4. The third-order valence-corrected chi connectivity index (χ3v) is 4.61. The average molecular weight is 369 g/mol. The summed E-state index contributed by atoms with van der Waals surface area (Å²) in [5.41, 5.74) is 2.24. The molecule has 1 N–H and O–H groups in total. The summed E-state index contributed by atoms with van der Waals surface area (Å²) in [6, 6.07) is 13.5. The van der Waals surface area contributed by atoms with Crippen molar-refractivity contribution in [3.63, 3.8) is 0 Å². The molecule has 1 atom stereocenters. The van der Waals surface area contributed by atoms with Crippen molar-refractivity contribution in [1.82, 2.24) is 5.32 Å². The number of ether oxygens (including phenoxy) is 3. The van der Waals surface area contributed by atoms with Crippen LogP contribution in [0.5, 0.6) is 17.2 Å². The van der Waals surface area contributed by atoms with Crippen LogP contribution in [0, 0.1) is 5.92 Å². The number of rotatable bonds is 7. The van der Waals surface area contributed by atoms with E-state index in [4.69, 9.17) is 14.2 Å². The molecule has 1 aliphatic heterocycles. The fourth-order valence-corrected chi connectivity index (χ4v) is 3.07. The minimum Gasteiger partial charge on any atom is -0.486 e. The summed E-state index contributed by atoms with van der Waals surface area (Å²) in [5.74, 6) is 2.25. The normalized spacial score (nSPS) is 13.9. The quantitative estimate of drug-likeness (QED) is 0.804. The maximum Gasteiger partial charge on any atom is 0.258 e. The molecule has 0 fully saturated rings. The monoisotopic (exact) mass is 369 g/mol. The number of hydrogen-bond acceptors (Lipinski definition) is 4. The van der Waals surface area contributed by atoms with Crippen LogP contribution >= 0.6 is 0 Å². The molecule has 144 valence electrons. The second kappa shape index (κ2) is 8.80. The molecule has 2 aromatic rings. The fraction of sp³-hybridized carbons (Fsp3) is 0.409. The Morgan fingerprint density at radius 2 is 1.78 bits per heavy atom. The van der Waals surface area contributed by atoms with Crippen LogP contribution in [0.2, 0.25) is 0 Å². The van der Waals surface area contributed by atoms with Gasteiger partial charge in [0.25, 0.3) is 5.91 Å². The summed E-state index contributed by atoms with van der Waals surface area (Å²) in [5, 5.41) is 3.07. The zero-order valence-corrected chi connectivity index (χ0v) is 16.2. The summed E-state index contributed by atoms with van der Waals surface area (Å²) in [7, 11) is 0. The number of fused-ring (bicyclic) bond motifs is 1. The van der Waals surface area contributed by atoms with E-state index in [-0.39, 0.29) is 24.5 Å². The maximum absolute atomic E-state index is 12.4. The number of hydrogen-bond donors (Lipinski definition) is 1. The molecule has 5 heteroatoms. The van der Waals surface area contributed by atoms with E-state index in [2.05, 4.69) is 26.1 Å². The molecule has 0 spiro atoms. The Kier molecular flexibility index (Phi) is 6.22. The molecule has 3 rings (SSSR count). The van der Waals surface area contributed by atoms with Crippen molar-refractivity contribution < 1.29 is 19.0 Å². The molecule has 0 saturated heterocycles. The largest absolute Gasteiger partial charge is 0.486 e. The Morgan fingerprint density at radius 1 is 1.07 bits per heavy atom. The summed E-state index contributed by atoms with van der Waals surface area (Å²) < 4.78 is 16.8. The fourth-order valence-electron chi connectivity index (χ4n) is 3.07. The van der Waals surface area contributed by atoms with Gasteiger partial charge in [-0.2, -0.15) is 0 Å². The second-order valence-electron chi connectivity index (χ2n) is 6.98. The smallest absolute Gasteiger partial charge is 0.258 e. The van der Waals surface area contributed by atoms with Gasteiger partial charge in [-0.25, -0.2) is 0 Å². The van der Waals surface area contributed by atoms with E-state index in [1.165, 1.54) is 5.56 Å². The summed E-state index contributed by atoms with van der Waals surface area (Å²) in [6.45, 7) is 7.34. The minimum atomic E-state index is -0.150. The van der Waals surface area contributed by atoms with E-state index in [1.54, 1.807) is 0 Å². The van der Waals surface area contributed by atoms with Gasteiger partial charge in [0.15, 0.2) is 18.1 Å². The zero-order chi connectivity index (χ0) is 19.2. The SMILES string of the molecule is CCc1ccc(OCC(=O)N[C@H](c2ccc3c(c2)OCCO3)C(C)C)cc1. The van der Waals surface area contributed by atoms with Crippen molar-refractivity contribution in [3.8, 4) is 17.2 Å². The van der Waals surface area contributed by atoms with E-state index in [0.717, 1.165) is 23.5 Å². The first-order valence-electron chi connectivity index (χ1n) is 9.47. The Hall–Kier alpha value is -2.69. The molecule has 0 aliphatic carbocycles. The van der Waals surface area contributed by atoms with E-state index in [1.807, 2.05) is 42.5 Å². The summed E-state index contributed by atoms with van der Waals surface area (Å²) in [4.78, 5) is 12.4. The first kappa shape index (κ1) is 19.1. The Balaban J connectivity index is 1.62. The van der Waals surface area contributed by atoms with Crippen molar-refractivity contribution in [2.24, 2.45) is 5.92 Å². The van der Waals surface area contributed by atoms with Gasteiger partial charge >= 0.3 is 0 Å². The van der Waals surface area contributed by atoms with Gasteiger partial charge in [0.1, 0.15) is 19.0 Å². The van der Waals surface area contributed by atoms with Crippen LogP contribution in [0.3, 0.4) is 0 Å². The first-order chi connectivity index (χ1) is 13.1. The van der Waals surface area contributed by atoms with Crippen molar-refractivity contribution in [1.29, 1.82) is 0 Å².